The van der Waals surface area contributed by atoms with E-state index in [-0.39, 0.29) is 29.9 Å². The van der Waals surface area contributed by atoms with Gasteiger partial charge in [-0.3, -0.25) is 9.69 Å². The van der Waals surface area contributed by atoms with Crippen LogP contribution in [-0.2, 0) is 23.2 Å². The molecule has 1 aliphatic heterocycles. The molecule has 2 aromatic heterocycles. The molecule has 0 aromatic carbocycles. The van der Waals surface area contributed by atoms with Gasteiger partial charge in [0.2, 0.25) is 0 Å². The monoisotopic (exact) mass is 376 g/mol. The molecule has 1 atom stereocenters. The van der Waals surface area contributed by atoms with E-state index in [9.17, 15) is 9.59 Å². The zero-order chi connectivity index (χ0) is 19.1. The average molecular weight is 376 g/mol. The standard InChI is InChI=1S/C17H24N6O2S/c1-10(2)23-7-11(20-21-23)6-12-15(24)22(16(25)18-12)8-14-19-13(9-26-14)17(3,4)5/h7,9-10,12H,6,8H2,1-5H3,(H,18,25)/t12-/m1/s1. The number of urea groups is 1. The second-order valence-corrected chi connectivity index (χ2v) is 8.73. The Kier molecular flexibility index (Phi) is 4.83. The lowest BCUT2D eigenvalue weighted by molar-refractivity contribution is -0.127. The van der Waals surface area contributed by atoms with Crippen molar-refractivity contribution < 1.29 is 9.59 Å². The Labute approximate surface area is 156 Å². The number of carbonyl (C=O) groups excluding carboxylic acids is 2. The number of imide groups is 1. The summed E-state index contributed by atoms with van der Waals surface area (Å²) < 4.78 is 1.73. The Morgan fingerprint density at radius 2 is 2.04 bits per heavy atom. The van der Waals surface area contributed by atoms with Crippen LogP contribution in [0.25, 0.3) is 0 Å². The molecule has 1 saturated heterocycles. The third-order valence-corrected chi connectivity index (χ3v) is 5.05. The summed E-state index contributed by atoms with van der Waals surface area (Å²) in [5.41, 5.74) is 1.59. The van der Waals surface area contributed by atoms with Crippen LogP contribution in [0, 0.1) is 0 Å². The molecular weight excluding hydrogens is 352 g/mol. The highest BCUT2D eigenvalue weighted by molar-refractivity contribution is 7.09. The highest BCUT2D eigenvalue weighted by Crippen LogP contribution is 2.25. The van der Waals surface area contributed by atoms with Crippen LogP contribution < -0.4 is 5.32 Å². The number of hydrogen-bond acceptors (Lipinski definition) is 6. The SMILES string of the molecule is CC(C)n1cc(C[C@H]2NC(=O)N(Cc3nc(C(C)(C)C)cs3)C2=O)nn1. The molecule has 0 unspecified atom stereocenters. The van der Waals surface area contributed by atoms with Crippen molar-refractivity contribution in [3.63, 3.8) is 0 Å². The number of carbonyl (C=O) groups is 2. The van der Waals surface area contributed by atoms with Crippen LogP contribution in [0.1, 0.15) is 57.1 Å². The molecule has 1 fully saturated rings. The van der Waals surface area contributed by atoms with Gasteiger partial charge in [0.25, 0.3) is 5.91 Å². The lowest BCUT2D eigenvalue weighted by Crippen LogP contribution is -2.32. The van der Waals surface area contributed by atoms with E-state index >= 15 is 0 Å². The minimum Gasteiger partial charge on any atom is -0.325 e. The lowest BCUT2D eigenvalue weighted by Gasteiger charge is -2.14. The number of rotatable bonds is 5. The minimum absolute atomic E-state index is 0.0587. The van der Waals surface area contributed by atoms with Crippen molar-refractivity contribution in [2.45, 2.75) is 65.1 Å². The summed E-state index contributed by atoms with van der Waals surface area (Å²) in [4.78, 5) is 30.7. The molecule has 2 aromatic rings. The number of nitrogens with one attached hydrogen (secondary N) is 1. The van der Waals surface area contributed by atoms with Crippen molar-refractivity contribution >= 4 is 23.3 Å². The summed E-state index contributed by atoms with van der Waals surface area (Å²) in [6, 6.07) is -0.797. The lowest BCUT2D eigenvalue weighted by atomic mass is 9.93. The summed E-state index contributed by atoms with van der Waals surface area (Å²) >= 11 is 1.47. The predicted molar refractivity (Wildman–Crippen MR) is 97.8 cm³/mol. The first kappa shape index (κ1) is 18.5. The predicted octanol–water partition coefficient (Wildman–Crippen LogP) is 2.28. The molecule has 0 radical (unpaired) electrons. The van der Waals surface area contributed by atoms with E-state index in [2.05, 4.69) is 41.4 Å². The summed E-state index contributed by atoms with van der Waals surface area (Å²) in [6.45, 7) is 10.4. The highest BCUT2D eigenvalue weighted by Gasteiger charge is 2.39. The Balaban J connectivity index is 1.67. The van der Waals surface area contributed by atoms with Crippen LogP contribution in [0.4, 0.5) is 4.79 Å². The molecule has 8 nitrogen and oxygen atoms in total. The Morgan fingerprint density at radius 1 is 1.31 bits per heavy atom. The highest BCUT2D eigenvalue weighted by atomic mass is 32.1. The van der Waals surface area contributed by atoms with E-state index in [4.69, 9.17) is 0 Å². The molecular formula is C17H24N6O2S. The molecule has 0 aliphatic carbocycles. The minimum atomic E-state index is -0.609. The van der Waals surface area contributed by atoms with Crippen LogP contribution in [0.15, 0.2) is 11.6 Å². The Bertz CT molecular complexity index is 819. The van der Waals surface area contributed by atoms with Gasteiger partial charge in [0.05, 0.1) is 17.9 Å². The van der Waals surface area contributed by atoms with Gasteiger partial charge in [0, 0.05) is 29.5 Å². The first-order valence-electron chi connectivity index (χ1n) is 8.62. The number of thiazole rings is 1. The maximum absolute atomic E-state index is 12.6. The Morgan fingerprint density at radius 3 is 2.62 bits per heavy atom. The maximum Gasteiger partial charge on any atom is 0.325 e. The normalized spacial score (nSPS) is 18.1. The molecule has 140 valence electrons. The molecule has 3 rings (SSSR count). The van der Waals surface area contributed by atoms with Crippen molar-refractivity contribution in [2.24, 2.45) is 0 Å². The molecule has 3 heterocycles. The van der Waals surface area contributed by atoms with Gasteiger partial charge in [0.1, 0.15) is 11.0 Å². The average Bonchev–Trinajstić information content (AvgIpc) is 3.24. The summed E-state index contributed by atoms with van der Waals surface area (Å²) in [5.74, 6) is -0.249. The van der Waals surface area contributed by atoms with Crippen molar-refractivity contribution in [1.82, 2.24) is 30.2 Å². The summed E-state index contributed by atoms with van der Waals surface area (Å²) in [5, 5.41) is 13.6. The molecule has 1 aliphatic rings. The number of nitrogens with zero attached hydrogens (tertiary/aromatic N) is 5. The third-order valence-electron chi connectivity index (χ3n) is 4.22. The van der Waals surface area contributed by atoms with Gasteiger partial charge in [-0.2, -0.15) is 0 Å². The van der Waals surface area contributed by atoms with Crippen molar-refractivity contribution in [3.05, 3.63) is 28.0 Å². The summed E-state index contributed by atoms with van der Waals surface area (Å²) in [7, 11) is 0. The van der Waals surface area contributed by atoms with Gasteiger partial charge in [-0.15, -0.1) is 16.4 Å². The Hall–Kier alpha value is -2.29. The zero-order valence-electron chi connectivity index (χ0n) is 15.7. The molecule has 26 heavy (non-hydrogen) atoms. The fraction of sp³-hybridized carbons (Fsp3) is 0.588. The molecule has 9 heteroatoms. The molecule has 3 amide bonds. The second-order valence-electron chi connectivity index (χ2n) is 7.79. The van der Waals surface area contributed by atoms with Gasteiger partial charge >= 0.3 is 6.03 Å². The van der Waals surface area contributed by atoms with Crippen LogP contribution >= 0.6 is 11.3 Å². The van der Waals surface area contributed by atoms with Crippen molar-refractivity contribution in [1.29, 1.82) is 0 Å². The maximum atomic E-state index is 12.6. The zero-order valence-corrected chi connectivity index (χ0v) is 16.5. The van der Waals surface area contributed by atoms with Crippen LogP contribution in [0.5, 0.6) is 0 Å². The van der Waals surface area contributed by atoms with Gasteiger partial charge in [-0.1, -0.05) is 26.0 Å². The number of aromatic nitrogens is 4. The number of amides is 3. The van der Waals surface area contributed by atoms with Crippen LogP contribution in [-0.4, -0.2) is 42.9 Å². The van der Waals surface area contributed by atoms with Crippen LogP contribution in [0.3, 0.4) is 0 Å². The van der Waals surface area contributed by atoms with Gasteiger partial charge < -0.3 is 5.32 Å². The smallest absolute Gasteiger partial charge is 0.325 e. The molecule has 1 N–H and O–H groups in total. The van der Waals surface area contributed by atoms with E-state index < -0.39 is 6.04 Å². The fourth-order valence-corrected chi connectivity index (χ4v) is 3.61. The van der Waals surface area contributed by atoms with Gasteiger partial charge in [-0.25, -0.2) is 14.5 Å². The van der Waals surface area contributed by atoms with E-state index in [0.29, 0.717) is 12.1 Å². The van der Waals surface area contributed by atoms with E-state index in [1.54, 1.807) is 4.68 Å². The first-order chi connectivity index (χ1) is 12.1. The fourth-order valence-electron chi connectivity index (χ4n) is 2.60. The molecule has 0 spiro atoms. The van der Waals surface area contributed by atoms with Crippen molar-refractivity contribution in [2.75, 3.05) is 0 Å². The third kappa shape index (κ3) is 3.77. The van der Waals surface area contributed by atoms with E-state index in [0.717, 1.165) is 10.7 Å². The molecule has 0 bridgehead atoms. The van der Waals surface area contributed by atoms with E-state index in [1.165, 1.54) is 16.2 Å². The molecule has 0 saturated carbocycles. The quantitative estimate of drug-likeness (QED) is 0.808. The largest absolute Gasteiger partial charge is 0.325 e. The van der Waals surface area contributed by atoms with Gasteiger partial charge in [-0.05, 0) is 13.8 Å². The van der Waals surface area contributed by atoms with Crippen molar-refractivity contribution in [3.8, 4) is 0 Å². The first-order valence-corrected chi connectivity index (χ1v) is 9.50. The van der Waals surface area contributed by atoms with Crippen LogP contribution in [0.2, 0.25) is 0 Å². The number of hydrogen-bond donors (Lipinski definition) is 1. The summed E-state index contributed by atoms with van der Waals surface area (Å²) in [6.07, 6.45) is 2.14. The van der Waals surface area contributed by atoms with Gasteiger partial charge in [0.15, 0.2) is 0 Å². The second kappa shape index (κ2) is 6.79. The topological polar surface area (TPSA) is 93.0 Å². The van der Waals surface area contributed by atoms with E-state index in [1.807, 2.05) is 25.4 Å².